The van der Waals surface area contributed by atoms with Crippen molar-refractivity contribution in [2.24, 2.45) is 11.7 Å². The summed E-state index contributed by atoms with van der Waals surface area (Å²) in [4.78, 5) is 11.1. The Kier molecular flexibility index (Phi) is 4.83. The lowest BCUT2D eigenvalue weighted by atomic mass is 10.00. The average molecular weight is 253 g/mol. The minimum atomic E-state index is -0.330. The Labute approximate surface area is 107 Å². The number of ether oxygens (including phenoxy) is 3. The molecular formula is C13H19NO4. The van der Waals surface area contributed by atoms with Gasteiger partial charge in [-0.25, -0.2) is 0 Å². The Morgan fingerprint density at radius 1 is 1.17 bits per heavy atom. The van der Waals surface area contributed by atoms with Crippen LogP contribution in [0.1, 0.15) is 12.5 Å². The molecule has 0 aliphatic heterocycles. The quantitative estimate of drug-likeness (QED) is 0.831. The Morgan fingerprint density at radius 2 is 1.67 bits per heavy atom. The molecule has 1 atom stereocenters. The zero-order chi connectivity index (χ0) is 13.7. The van der Waals surface area contributed by atoms with E-state index in [1.807, 2.05) is 12.1 Å². The molecule has 0 heterocycles. The first kappa shape index (κ1) is 14.2. The van der Waals surface area contributed by atoms with Gasteiger partial charge in [0.2, 0.25) is 11.7 Å². The maximum atomic E-state index is 11.1. The third-order valence-electron chi connectivity index (χ3n) is 2.75. The van der Waals surface area contributed by atoms with Gasteiger partial charge in [0, 0.05) is 5.92 Å². The second kappa shape index (κ2) is 6.14. The number of nitrogens with two attached hydrogens (primary N) is 1. The predicted molar refractivity (Wildman–Crippen MR) is 68.2 cm³/mol. The van der Waals surface area contributed by atoms with E-state index >= 15 is 0 Å². The maximum absolute atomic E-state index is 11.1. The third-order valence-corrected chi connectivity index (χ3v) is 2.75. The molecule has 1 aromatic carbocycles. The molecule has 0 bridgehead atoms. The molecular weight excluding hydrogens is 234 g/mol. The Hall–Kier alpha value is -1.91. The van der Waals surface area contributed by atoms with Gasteiger partial charge < -0.3 is 19.9 Å². The Morgan fingerprint density at radius 3 is 2.00 bits per heavy atom. The van der Waals surface area contributed by atoms with E-state index in [1.165, 1.54) is 0 Å². The molecule has 5 heteroatoms. The maximum Gasteiger partial charge on any atom is 0.220 e. The van der Waals surface area contributed by atoms with Crippen LogP contribution in [0.25, 0.3) is 0 Å². The number of carbonyl (C=O) groups is 1. The average Bonchev–Trinajstić information content (AvgIpc) is 2.37. The van der Waals surface area contributed by atoms with Gasteiger partial charge in [-0.3, -0.25) is 4.79 Å². The molecule has 1 rings (SSSR count). The monoisotopic (exact) mass is 253 g/mol. The molecule has 0 spiro atoms. The van der Waals surface area contributed by atoms with Crippen LogP contribution >= 0.6 is 0 Å². The van der Waals surface area contributed by atoms with Gasteiger partial charge in [0.15, 0.2) is 11.5 Å². The fourth-order valence-corrected chi connectivity index (χ4v) is 1.71. The summed E-state index contributed by atoms with van der Waals surface area (Å²) in [5.74, 6) is 1.11. The molecule has 1 aromatic rings. The van der Waals surface area contributed by atoms with E-state index in [0.29, 0.717) is 23.7 Å². The molecule has 0 aliphatic rings. The van der Waals surface area contributed by atoms with E-state index < -0.39 is 0 Å². The van der Waals surface area contributed by atoms with E-state index in [4.69, 9.17) is 19.9 Å². The van der Waals surface area contributed by atoms with E-state index in [0.717, 1.165) is 5.56 Å². The lowest BCUT2D eigenvalue weighted by Gasteiger charge is -2.15. The number of hydrogen-bond acceptors (Lipinski definition) is 4. The summed E-state index contributed by atoms with van der Waals surface area (Å²) in [7, 11) is 4.66. The third kappa shape index (κ3) is 3.06. The topological polar surface area (TPSA) is 70.8 Å². The summed E-state index contributed by atoms with van der Waals surface area (Å²) in [5.41, 5.74) is 6.17. The first-order chi connectivity index (χ1) is 8.53. The smallest absolute Gasteiger partial charge is 0.220 e. The molecule has 0 aromatic heterocycles. The fourth-order valence-electron chi connectivity index (χ4n) is 1.71. The largest absolute Gasteiger partial charge is 0.493 e. The van der Waals surface area contributed by atoms with E-state index in [9.17, 15) is 4.79 Å². The highest BCUT2D eigenvalue weighted by Gasteiger charge is 2.16. The van der Waals surface area contributed by atoms with Crippen LogP contribution in [-0.4, -0.2) is 27.2 Å². The summed E-state index contributed by atoms with van der Waals surface area (Å²) < 4.78 is 15.7. The van der Waals surface area contributed by atoms with Crippen molar-refractivity contribution in [3.05, 3.63) is 17.7 Å². The second-order valence-electron chi connectivity index (χ2n) is 4.04. The summed E-state index contributed by atoms with van der Waals surface area (Å²) in [5, 5.41) is 0. The van der Waals surface area contributed by atoms with Crippen molar-refractivity contribution < 1.29 is 19.0 Å². The molecule has 5 nitrogen and oxygen atoms in total. The SMILES string of the molecule is COc1cc(CC(C)C(N)=O)cc(OC)c1OC. The van der Waals surface area contributed by atoms with Crippen molar-refractivity contribution in [2.75, 3.05) is 21.3 Å². The number of amides is 1. The van der Waals surface area contributed by atoms with Gasteiger partial charge in [-0.15, -0.1) is 0 Å². The predicted octanol–water partition coefficient (Wildman–Crippen LogP) is 1.38. The minimum Gasteiger partial charge on any atom is -0.493 e. The summed E-state index contributed by atoms with van der Waals surface area (Å²) in [6.07, 6.45) is 0.534. The van der Waals surface area contributed by atoms with E-state index in [2.05, 4.69) is 0 Å². The van der Waals surface area contributed by atoms with Crippen LogP contribution in [0.4, 0.5) is 0 Å². The highest BCUT2D eigenvalue weighted by Crippen LogP contribution is 2.38. The lowest BCUT2D eigenvalue weighted by Crippen LogP contribution is -2.22. The van der Waals surface area contributed by atoms with E-state index in [1.54, 1.807) is 28.3 Å². The molecule has 18 heavy (non-hydrogen) atoms. The van der Waals surface area contributed by atoms with Gasteiger partial charge in [-0.05, 0) is 24.1 Å². The minimum absolute atomic E-state index is 0.243. The molecule has 1 amide bonds. The first-order valence-electron chi connectivity index (χ1n) is 5.61. The van der Waals surface area contributed by atoms with Gasteiger partial charge in [0.25, 0.3) is 0 Å². The van der Waals surface area contributed by atoms with Gasteiger partial charge >= 0.3 is 0 Å². The van der Waals surface area contributed by atoms with Crippen LogP contribution in [0.5, 0.6) is 17.2 Å². The molecule has 0 radical (unpaired) electrons. The van der Waals surface area contributed by atoms with Crippen LogP contribution < -0.4 is 19.9 Å². The van der Waals surface area contributed by atoms with Crippen molar-refractivity contribution >= 4 is 5.91 Å². The van der Waals surface area contributed by atoms with Crippen LogP contribution in [0.3, 0.4) is 0 Å². The van der Waals surface area contributed by atoms with Crippen molar-refractivity contribution in [3.8, 4) is 17.2 Å². The van der Waals surface area contributed by atoms with Crippen LogP contribution in [0.2, 0.25) is 0 Å². The highest BCUT2D eigenvalue weighted by atomic mass is 16.5. The lowest BCUT2D eigenvalue weighted by molar-refractivity contribution is -0.121. The van der Waals surface area contributed by atoms with Crippen LogP contribution in [0.15, 0.2) is 12.1 Å². The summed E-state index contributed by atoms with van der Waals surface area (Å²) in [6.45, 7) is 1.78. The summed E-state index contributed by atoms with van der Waals surface area (Å²) in [6, 6.07) is 3.64. The number of benzene rings is 1. The Balaban J connectivity index is 3.11. The van der Waals surface area contributed by atoms with Crippen LogP contribution in [0, 0.1) is 5.92 Å². The van der Waals surface area contributed by atoms with Gasteiger partial charge in [0.05, 0.1) is 21.3 Å². The van der Waals surface area contributed by atoms with Crippen LogP contribution in [-0.2, 0) is 11.2 Å². The van der Waals surface area contributed by atoms with Gasteiger partial charge in [-0.2, -0.15) is 0 Å². The fraction of sp³-hybridized carbons (Fsp3) is 0.462. The van der Waals surface area contributed by atoms with Crippen molar-refractivity contribution in [2.45, 2.75) is 13.3 Å². The second-order valence-corrected chi connectivity index (χ2v) is 4.04. The molecule has 100 valence electrons. The van der Waals surface area contributed by atoms with Gasteiger partial charge in [-0.1, -0.05) is 6.92 Å². The first-order valence-corrected chi connectivity index (χ1v) is 5.61. The van der Waals surface area contributed by atoms with Crippen molar-refractivity contribution in [1.29, 1.82) is 0 Å². The molecule has 0 fully saturated rings. The molecule has 0 saturated heterocycles. The molecule has 2 N–H and O–H groups in total. The number of carbonyl (C=O) groups excluding carboxylic acids is 1. The Bertz CT molecular complexity index is 406. The zero-order valence-corrected chi connectivity index (χ0v) is 11.1. The van der Waals surface area contributed by atoms with Crippen molar-refractivity contribution in [1.82, 2.24) is 0 Å². The zero-order valence-electron chi connectivity index (χ0n) is 11.1. The standard InChI is InChI=1S/C13H19NO4/c1-8(13(14)15)5-9-6-10(16-2)12(18-4)11(7-9)17-3/h6-8H,5H2,1-4H3,(H2,14,15). The molecule has 0 saturated carbocycles. The number of primary amides is 1. The normalized spacial score (nSPS) is 11.8. The molecule has 1 unspecified atom stereocenters. The summed E-state index contributed by atoms with van der Waals surface area (Å²) >= 11 is 0. The van der Waals surface area contributed by atoms with E-state index in [-0.39, 0.29) is 11.8 Å². The molecule has 0 aliphatic carbocycles. The van der Waals surface area contributed by atoms with Gasteiger partial charge in [0.1, 0.15) is 0 Å². The number of methoxy groups -OCH3 is 3. The van der Waals surface area contributed by atoms with Crippen molar-refractivity contribution in [3.63, 3.8) is 0 Å². The number of rotatable bonds is 6. The number of hydrogen-bond donors (Lipinski definition) is 1. The highest BCUT2D eigenvalue weighted by molar-refractivity contribution is 5.76.